The van der Waals surface area contributed by atoms with Gasteiger partial charge in [-0.2, -0.15) is 11.8 Å². The van der Waals surface area contributed by atoms with Gasteiger partial charge in [0.25, 0.3) is 0 Å². The lowest BCUT2D eigenvalue weighted by atomic mass is 9.99. The molecule has 0 aromatic carbocycles. The van der Waals surface area contributed by atoms with Crippen molar-refractivity contribution in [2.24, 2.45) is 5.92 Å². The number of hydrogen-bond acceptors (Lipinski definition) is 2. The summed E-state index contributed by atoms with van der Waals surface area (Å²) < 4.78 is 0.557. The maximum Gasteiger partial charge on any atom is 0.0281 e. The van der Waals surface area contributed by atoms with E-state index in [4.69, 9.17) is 0 Å². The Morgan fingerprint density at radius 2 is 1.87 bits per heavy atom. The zero-order valence-corrected chi connectivity index (χ0v) is 11.6. The molecule has 1 rings (SSSR count). The largest absolute Gasteiger partial charge is 0.313 e. The maximum atomic E-state index is 3.75. The molecule has 0 spiro atoms. The van der Waals surface area contributed by atoms with Crippen LogP contribution in [0.5, 0.6) is 0 Å². The minimum Gasteiger partial charge on any atom is -0.313 e. The van der Waals surface area contributed by atoms with Crippen LogP contribution >= 0.6 is 11.8 Å². The molecule has 2 heteroatoms. The van der Waals surface area contributed by atoms with E-state index in [0.717, 1.165) is 5.92 Å². The number of thioether (sulfide) groups is 1. The summed E-state index contributed by atoms with van der Waals surface area (Å²) in [6.45, 7) is 8.16. The van der Waals surface area contributed by atoms with E-state index >= 15 is 0 Å². The van der Waals surface area contributed by atoms with Gasteiger partial charge in [-0.15, -0.1) is 0 Å². The van der Waals surface area contributed by atoms with Gasteiger partial charge in [0, 0.05) is 17.3 Å². The Bertz CT molecular complexity index is 175. The smallest absolute Gasteiger partial charge is 0.0281 e. The molecule has 1 fully saturated rings. The molecule has 0 bridgehead atoms. The Morgan fingerprint density at radius 3 is 2.33 bits per heavy atom. The number of hydrogen-bond donors (Lipinski definition) is 1. The van der Waals surface area contributed by atoms with Crippen molar-refractivity contribution in [1.29, 1.82) is 0 Å². The number of rotatable bonds is 6. The minimum atomic E-state index is 0.557. The zero-order chi connectivity index (χ0) is 11.3. The molecule has 0 aliphatic heterocycles. The van der Waals surface area contributed by atoms with Crippen LogP contribution in [0.25, 0.3) is 0 Å². The molecular weight excluding hydrogens is 202 g/mol. The van der Waals surface area contributed by atoms with Crippen molar-refractivity contribution in [3.05, 3.63) is 0 Å². The Balaban J connectivity index is 2.34. The summed E-state index contributed by atoms with van der Waals surface area (Å²) in [4.78, 5) is 0. The highest BCUT2D eigenvalue weighted by Gasteiger charge is 2.33. The summed E-state index contributed by atoms with van der Waals surface area (Å²) in [5.74, 6) is 0.797. The first-order valence-electron chi connectivity index (χ1n) is 6.42. The van der Waals surface area contributed by atoms with Crippen LogP contribution in [0.4, 0.5) is 0 Å². The van der Waals surface area contributed by atoms with E-state index in [1.807, 2.05) is 0 Å². The molecular formula is C13H27NS. The van der Waals surface area contributed by atoms with Crippen molar-refractivity contribution >= 4 is 11.8 Å². The van der Waals surface area contributed by atoms with E-state index in [0.29, 0.717) is 10.8 Å². The third-order valence-electron chi connectivity index (χ3n) is 4.19. The van der Waals surface area contributed by atoms with Crippen molar-refractivity contribution in [1.82, 2.24) is 5.32 Å². The second kappa shape index (κ2) is 6.15. The fourth-order valence-corrected chi connectivity index (χ4v) is 3.30. The Labute approximate surface area is 99.8 Å². The molecule has 0 aromatic heterocycles. The van der Waals surface area contributed by atoms with E-state index < -0.39 is 0 Å². The summed E-state index contributed by atoms with van der Waals surface area (Å²) in [5, 5.41) is 3.75. The lowest BCUT2D eigenvalue weighted by Crippen LogP contribution is -2.42. The average molecular weight is 229 g/mol. The summed E-state index contributed by atoms with van der Waals surface area (Å²) in [7, 11) is 0. The van der Waals surface area contributed by atoms with Gasteiger partial charge in [-0.3, -0.25) is 0 Å². The molecule has 0 heterocycles. The van der Waals surface area contributed by atoms with Gasteiger partial charge in [0.1, 0.15) is 0 Å². The van der Waals surface area contributed by atoms with Crippen LogP contribution in [0.3, 0.4) is 0 Å². The first kappa shape index (κ1) is 13.4. The van der Waals surface area contributed by atoms with Gasteiger partial charge in [-0.05, 0) is 31.9 Å². The fraction of sp³-hybridized carbons (Fsp3) is 1.00. The van der Waals surface area contributed by atoms with E-state index in [-0.39, 0.29) is 0 Å². The molecule has 1 saturated carbocycles. The molecule has 1 aliphatic carbocycles. The monoisotopic (exact) mass is 229 g/mol. The number of nitrogens with one attached hydrogen (secondary N) is 1. The summed E-state index contributed by atoms with van der Waals surface area (Å²) in [6.07, 6.45) is 9.24. The second-order valence-corrected chi connectivity index (χ2v) is 6.42. The van der Waals surface area contributed by atoms with Crippen LogP contribution in [0.1, 0.15) is 52.9 Å². The molecule has 90 valence electrons. The Morgan fingerprint density at radius 1 is 1.27 bits per heavy atom. The third-order valence-corrected chi connectivity index (χ3v) is 5.61. The molecule has 1 aliphatic rings. The van der Waals surface area contributed by atoms with Crippen molar-refractivity contribution in [2.75, 3.05) is 12.8 Å². The lowest BCUT2D eigenvalue weighted by molar-refractivity contribution is 0.371. The zero-order valence-electron chi connectivity index (χ0n) is 10.8. The SMILES string of the molecule is CCC(C)C(C)NCC1(SC)CCCC1. The Hall–Kier alpha value is 0.310. The van der Waals surface area contributed by atoms with Crippen molar-refractivity contribution < 1.29 is 0 Å². The van der Waals surface area contributed by atoms with Gasteiger partial charge in [0.2, 0.25) is 0 Å². The second-order valence-electron chi connectivity index (χ2n) is 5.15. The highest BCUT2D eigenvalue weighted by molar-refractivity contribution is 8.00. The average Bonchev–Trinajstić information content (AvgIpc) is 2.74. The molecule has 15 heavy (non-hydrogen) atoms. The molecule has 1 nitrogen and oxygen atoms in total. The fourth-order valence-electron chi connectivity index (χ4n) is 2.37. The molecule has 2 atom stereocenters. The summed E-state index contributed by atoms with van der Waals surface area (Å²) in [6, 6.07) is 0.666. The van der Waals surface area contributed by atoms with Crippen molar-refractivity contribution in [2.45, 2.75) is 63.7 Å². The summed E-state index contributed by atoms with van der Waals surface area (Å²) in [5.41, 5.74) is 0. The van der Waals surface area contributed by atoms with E-state index in [1.165, 1.54) is 38.6 Å². The molecule has 0 amide bonds. The van der Waals surface area contributed by atoms with Crippen LogP contribution < -0.4 is 5.32 Å². The first-order chi connectivity index (χ1) is 7.13. The van der Waals surface area contributed by atoms with Gasteiger partial charge >= 0.3 is 0 Å². The quantitative estimate of drug-likeness (QED) is 0.745. The lowest BCUT2D eigenvalue weighted by Gasteiger charge is -2.30. The Kier molecular flexibility index (Phi) is 5.48. The molecule has 2 unspecified atom stereocenters. The molecule has 0 radical (unpaired) electrons. The molecule has 1 N–H and O–H groups in total. The van der Waals surface area contributed by atoms with E-state index in [1.54, 1.807) is 0 Å². The topological polar surface area (TPSA) is 12.0 Å². The first-order valence-corrected chi connectivity index (χ1v) is 7.64. The predicted octanol–water partition coefficient (Wildman–Crippen LogP) is 3.69. The van der Waals surface area contributed by atoms with Crippen molar-refractivity contribution in [3.63, 3.8) is 0 Å². The van der Waals surface area contributed by atoms with Gasteiger partial charge in [0.15, 0.2) is 0 Å². The summed E-state index contributed by atoms with van der Waals surface area (Å²) >= 11 is 2.08. The highest BCUT2D eigenvalue weighted by Crippen LogP contribution is 2.39. The standard InChI is InChI=1S/C13H27NS/c1-5-11(2)12(3)14-10-13(15-4)8-6-7-9-13/h11-12,14H,5-10H2,1-4H3. The van der Waals surface area contributed by atoms with Crippen LogP contribution in [-0.2, 0) is 0 Å². The maximum absolute atomic E-state index is 3.75. The minimum absolute atomic E-state index is 0.557. The molecule has 0 saturated heterocycles. The van der Waals surface area contributed by atoms with Crippen LogP contribution in [0.2, 0.25) is 0 Å². The van der Waals surface area contributed by atoms with Gasteiger partial charge in [-0.25, -0.2) is 0 Å². The van der Waals surface area contributed by atoms with E-state index in [9.17, 15) is 0 Å². The van der Waals surface area contributed by atoms with Gasteiger partial charge < -0.3 is 5.32 Å². The van der Waals surface area contributed by atoms with Crippen molar-refractivity contribution in [3.8, 4) is 0 Å². The molecule has 0 aromatic rings. The van der Waals surface area contributed by atoms with Gasteiger partial charge in [0.05, 0.1) is 0 Å². The van der Waals surface area contributed by atoms with Crippen LogP contribution in [0.15, 0.2) is 0 Å². The van der Waals surface area contributed by atoms with Crippen LogP contribution in [0, 0.1) is 5.92 Å². The van der Waals surface area contributed by atoms with Gasteiger partial charge in [-0.1, -0.05) is 33.1 Å². The van der Waals surface area contributed by atoms with Crippen LogP contribution in [-0.4, -0.2) is 23.6 Å². The highest BCUT2D eigenvalue weighted by atomic mass is 32.2. The third kappa shape index (κ3) is 3.67. The predicted molar refractivity (Wildman–Crippen MR) is 71.6 cm³/mol. The normalized spacial score (nSPS) is 24.0. The van der Waals surface area contributed by atoms with E-state index in [2.05, 4.69) is 44.1 Å².